The molecule has 3 aromatic heterocycles. The van der Waals surface area contributed by atoms with Crippen LogP contribution in [0.3, 0.4) is 0 Å². The smallest absolute Gasteiger partial charge is 0.233 e. The molecule has 5 aromatic rings. The molecular weight excluding hydrogens is 434 g/mol. The third-order valence-corrected chi connectivity index (χ3v) is 6.52. The maximum Gasteiger partial charge on any atom is 0.233 e. The number of aromatic nitrogens is 6. The first kappa shape index (κ1) is 19.0. The van der Waals surface area contributed by atoms with Gasteiger partial charge in [-0.1, -0.05) is 18.2 Å². The van der Waals surface area contributed by atoms with E-state index in [4.69, 9.17) is 0 Å². The average Bonchev–Trinajstić information content (AvgIpc) is 3.37. The van der Waals surface area contributed by atoms with Crippen LogP contribution >= 0.6 is 34.9 Å². The SMILES string of the molecule is Cc1cc(Nc2nc(Sc3ccccc3)nc(Sc3ccc4ncsc4c3)n2)n[nH]1. The fourth-order valence-corrected chi connectivity index (χ4v) is 5.08. The molecule has 2 aromatic carbocycles. The van der Waals surface area contributed by atoms with E-state index in [1.165, 1.54) is 23.5 Å². The summed E-state index contributed by atoms with van der Waals surface area (Å²) in [5, 5.41) is 11.5. The topological polar surface area (TPSA) is 92.3 Å². The van der Waals surface area contributed by atoms with E-state index in [0.29, 0.717) is 22.1 Å². The lowest BCUT2D eigenvalue weighted by Crippen LogP contribution is -2.02. The van der Waals surface area contributed by atoms with Gasteiger partial charge in [-0.15, -0.1) is 11.3 Å². The lowest BCUT2D eigenvalue weighted by molar-refractivity contribution is 0.809. The highest BCUT2D eigenvalue weighted by Crippen LogP contribution is 2.32. The predicted molar refractivity (Wildman–Crippen MR) is 121 cm³/mol. The second-order valence-corrected chi connectivity index (χ2v) is 9.25. The van der Waals surface area contributed by atoms with Crippen LogP contribution in [0.2, 0.25) is 0 Å². The van der Waals surface area contributed by atoms with Crippen LogP contribution in [-0.4, -0.2) is 30.1 Å². The van der Waals surface area contributed by atoms with Crippen LogP contribution in [0.1, 0.15) is 5.69 Å². The molecule has 0 bridgehead atoms. The highest BCUT2D eigenvalue weighted by molar-refractivity contribution is 7.99. The van der Waals surface area contributed by atoms with E-state index in [2.05, 4.69) is 41.5 Å². The lowest BCUT2D eigenvalue weighted by atomic mass is 10.3. The van der Waals surface area contributed by atoms with Crippen LogP contribution in [0.25, 0.3) is 10.2 Å². The number of fused-ring (bicyclic) bond motifs is 1. The van der Waals surface area contributed by atoms with Crippen molar-refractivity contribution in [2.45, 2.75) is 27.0 Å². The molecule has 2 N–H and O–H groups in total. The summed E-state index contributed by atoms with van der Waals surface area (Å²) in [5.41, 5.74) is 3.80. The normalized spacial score (nSPS) is 11.1. The van der Waals surface area contributed by atoms with Gasteiger partial charge in [-0.05, 0) is 60.8 Å². The minimum atomic E-state index is 0.455. The molecule has 30 heavy (non-hydrogen) atoms. The summed E-state index contributed by atoms with van der Waals surface area (Å²) in [6.45, 7) is 1.94. The zero-order valence-electron chi connectivity index (χ0n) is 15.7. The molecule has 0 aliphatic heterocycles. The molecule has 0 aliphatic rings. The van der Waals surface area contributed by atoms with Gasteiger partial charge >= 0.3 is 0 Å². The maximum absolute atomic E-state index is 4.66. The Morgan fingerprint density at radius 2 is 1.70 bits per heavy atom. The van der Waals surface area contributed by atoms with Gasteiger partial charge in [0.15, 0.2) is 16.1 Å². The summed E-state index contributed by atoms with van der Waals surface area (Å²) in [4.78, 5) is 20.3. The number of rotatable bonds is 6. The van der Waals surface area contributed by atoms with Crippen LogP contribution in [-0.2, 0) is 0 Å². The van der Waals surface area contributed by atoms with E-state index in [1.54, 1.807) is 11.3 Å². The van der Waals surface area contributed by atoms with Crippen molar-refractivity contribution in [3.05, 3.63) is 65.8 Å². The van der Waals surface area contributed by atoms with E-state index in [9.17, 15) is 0 Å². The molecule has 0 spiro atoms. The number of benzene rings is 2. The Kier molecular flexibility index (Phi) is 5.35. The Balaban J connectivity index is 1.47. The summed E-state index contributed by atoms with van der Waals surface area (Å²) in [6.07, 6.45) is 0. The molecule has 3 heterocycles. The quantitative estimate of drug-likeness (QED) is 0.348. The lowest BCUT2D eigenvalue weighted by Gasteiger charge is -2.07. The molecule has 0 unspecified atom stereocenters. The van der Waals surface area contributed by atoms with Gasteiger partial charge in [-0.25, -0.2) is 4.98 Å². The van der Waals surface area contributed by atoms with Gasteiger partial charge in [-0.2, -0.15) is 20.1 Å². The Labute approximate surface area is 184 Å². The standard InChI is InChI=1S/C20H15N7S3/c1-12-9-17(27-26-12)22-18-23-19(29-13-5-3-2-4-6-13)25-20(24-18)30-14-7-8-15-16(10-14)28-11-21-15/h2-11H,1H3,(H2,22,23,24,25,26,27). The zero-order chi connectivity index (χ0) is 20.3. The van der Waals surface area contributed by atoms with Crippen molar-refractivity contribution in [2.24, 2.45) is 0 Å². The van der Waals surface area contributed by atoms with Crippen molar-refractivity contribution >= 4 is 56.8 Å². The van der Waals surface area contributed by atoms with Gasteiger partial charge < -0.3 is 5.32 Å². The molecule has 0 amide bonds. The van der Waals surface area contributed by atoms with Gasteiger partial charge in [0.25, 0.3) is 0 Å². The number of aromatic amines is 1. The molecule has 7 nitrogen and oxygen atoms in total. The maximum atomic E-state index is 4.66. The Hall–Kier alpha value is -2.95. The summed E-state index contributed by atoms with van der Waals surface area (Å²) < 4.78 is 1.14. The molecule has 0 radical (unpaired) electrons. The molecule has 148 valence electrons. The minimum absolute atomic E-state index is 0.455. The predicted octanol–water partition coefficient (Wildman–Crippen LogP) is 5.56. The van der Waals surface area contributed by atoms with Crippen LogP contribution in [0.5, 0.6) is 0 Å². The highest BCUT2D eigenvalue weighted by atomic mass is 32.2. The van der Waals surface area contributed by atoms with E-state index < -0.39 is 0 Å². The number of anilines is 2. The van der Waals surface area contributed by atoms with Crippen molar-refractivity contribution in [3.8, 4) is 0 Å². The monoisotopic (exact) mass is 449 g/mol. The first-order valence-corrected chi connectivity index (χ1v) is 11.5. The van der Waals surface area contributed by atoms with Gasteiger partial charge in [0.2, 0.25) is 5.95 Å². The molecule has 0 saturated carbocycles. The first-order chi connectivity index (χ1) is 14.7. The van der Waals surface area contributed by atoms with Crippen molar-refractivity contribution in [3.63, 3.8) is 0 Å². The van der Waals surface area contributed by atoms with E-state index in [0.717, 1.165) is 25.7 Å². The fraction of sp³-hybridized carbons (Fsp3) is 0.0500. The molecule has 0 aliphatic carbocycles. The van der Waals surface area contributed by atoms with Gasteiger partial charge in [0, 0.05) is 21.6 Å². The van der Waals surface area contributed by atoms with E-state index >= 15 is 0 Å². The molecule has 0 fully saturated rings. The molecule has 0 saturated heterocycles. The number of aryl methyl sites for hydroxylation is 1. The third kappa shape index (κ3) is 4.45. The van der Waals surface area contributed by atoms with Crippen LogP contribution in [0, 0.1) is 6.92 Å². The van der Waals surface area contributed by atoms with Crippen molar-refractivity contribution in [2.75, 3.05) is 5.32 Å². The minimum Gasteiger partial charge on any atom is -0.307 e. The van der Waals surface area contributed by atoms with Crippen molar-refractivity contribution in [1.29, 1.82) is 0 Å². The first-order valence-electron chi connectivity index (χ1n) is 9.00. The molecule has 10 heteroatoms. The second-order valence-electron chi connectivity index (χ2n) is 6.28. The summed E-state index contributed by atoms with van der Waals surface area (Å²) in [5.74, 6) is 1.12. The molecule has 0 atom stereocenters. The van der Waals surface area contributed by atoms with Crippen LogP contribution in [0.15, 0.2) is 80.2 Å². The van der Waals surface area contributed by atoms with Crippen LogP contribution < -0.4 is 5.32 Å². The number of hydrogen-bond acceptors (Lipinski definition) is 9. The molecular formula is C20H15N7S3. The fourth-order valence-electron chi connectivity index (χ4n) is 2.68. The van der Waals surface area contributed by atoms with Gasteiger partial charge in [0.1, 0.15) is 0 Å². The Morgan fingerprint density at radius 1 is 0.900 bits per heavy atom. The number of nitrogens with zero attached hydrogens (tertiary/aromatic N) is 5. The highest BCUT2D eigenvalue weighted by Gasteiger charge is 2.12. The largest absolute Gasteiger partial charge is 0.307 e. The van der Waals surface area contributed by atoms with E-state index in [-0.39, 0.29) is 0 Å². The van der Waals surface area contributed by atoms with Crippen molar-refractivity contribution < 1.29 is 0 Å². The summed E-state index contributed by atoms with van der Waals surface area (Å²) in [6, 6.07) is 18.1. The number of nitrogens with one attached hydrogen (secondary N) is 2. The number of H-pyrrole nitrogens is 1. The summed E-state index contributed by atoms with van der Waals surface area (Å²) in [7, 11) is 0. The van der Waals surface area contributed by atoms with Gasteiger partial charge in [0.05, 0.1) is 15.7 Å². The average molecular weight is 450 g/mol. The molecule has 5 rings (SSSR count). The summed E-state index contributed by atoms with van der Waals surface area (Å²) >= 11 is 4.61. The Morgan fingerprint density at radius 3 is 2.47 bits per heavy atom. The zero-order valence-corrected chi connectivity index (χ0v) is 18.2. The number of thiazole rings is 1. The second kappa shape index (κ2) is 8.42. The van der Waals surface area contributed by atoms with Crippen molar-refractivity contribution in [1.82, 2.24) is 30.1 Å². The number of hydrogen-bond donors (Lipinski definition) is 2. The van der Waals surface area contributed by atoms with Gasteiger partial charge in [-0.3, -0.25) is 5.10 Å². The third-order valence-electron chi connectivity index (χ3n) is 4.00. The van der Waals surface area contributed by atoms with Crippen LogP contribution in [0.4, 0.5) is 11.8 Å². The Bertz CT molecular complexity index is 1300. The van der Waals surface area contributed by atoms with E-state index in [1.807, 2.05) is 61.0 Å².